The first-order valence-corrected chi connectivity index (χ1v) is 4.87. The number of hydrogen-bond acceptors (Lipinski definition) is 2. The molecule has 0 radical (unpaired) electrons. The Kier molecular flexibility index (Phi) is 2.56. The second kappa shape index (κ2) is 3.87. The Bertz CT molecular complexity index is 548. The van der Waals surface area contributed by atoms with Gasteiger partial charge in [-0.1, -0.05) is 35.9 Å². The molecule has 0 spiro atoms. The van der Waals surface area contributed by atoms with E-state index in [9.17, 15) is 4.79 Å². The molecule has 0 saturated carbocycles. The van der Waals surface area contributed by atoms with Crippen LogP contribution in [0.5, 0.6) is 0 Å². The van der Waals surface area contributed by atoms with Gasteiger partial charge in [-0.3, -0.25) is 4.98 Å². The molecule has 0 bridgehead atoms. The second-order valence-corrected chi connectivity index (χ2v) is 3.61. The van der Waals surface area contributed by atoms with Crippen LogP contribution in [0.4, 0.5) is 0 Å². The van der Waals surface area contributed by atoms with E-state index in [0.717, 1.165) is 16.7 Å². The molecule has 0 aliphatic heterocycles. The summed E-state index contributed by atoms with van der Waals surface area (Å²) >= 11 is 5.94. The van der Waals surface area contributed by atoms with Gasteiger partial charge in [-0.15, -0.1) is 0 Å². The Hall–Kier alpha value is -1.61. The van der Waals surface area contributed by atoms with Gasteiger partial charge in [0, 0.05) is 11.8 Å². The van der Waals surface area contributed by atoms with Crippen LogP contribution in [0.25, 0.3) is 11.1 Å². The van der Waals surface area contributed by atoms with E-state index < -0.39 is 5.69 Å². The molecule has 15 heavy (non-hydrogen) atoms. The normalized spacial score (nSPS) is 10.3. The van der Waals surface area contributed by atoms with E-state index in [0.29, 0.717) is 5.15 Å². The van der Waals surface area contributed by atoms with Gasteiger partial charge in [-0.25, -0.2) is 9.78 Å². The van der Waals surface area contributed by atoms with Crippen LogP contribution in [-0.4, -0.2) is 9.97 Å². The van der Waals surface area contributed by atoms with Crippen LogP contribution in [0, 0.1) is 6.92 Å². The smallest absolute Gasteiger partial charge is 0.296 e. The molecule has 1 aromatic heterocycles. The third kappa shape index (κ3) is 1.92. The zero-order chi connectivity index (χ0) is 10.8. The van der Waals surface area contributed by atoms with Crippen LogP contribution in [0.2, 0.25) is 5.15 Å². The fraction of sp³-hybridized carbons (Fsp3) is 0.0909. The highest BCUT2D eigenvalue weighted by molar-refractivity contribution is 6.32. The van der Waals surface area contributed by atoms with Gasteiger partial charge in [-0.2, -0.15) is 0 Å². The van der Waals surface area contributed by atoms with Crippen molar-refractivity contribution in [2.45, 2.75) is 6.92 Å². The Labute approximate surface area is 91.8 Å². The van der Waals surface area contributed by atoms with Crippen LogP contribution in [-0.2, 0) is 0 Å². The number of halogens is 1. The third-order valence-electron chi connectivity index (χ3n) is 2.20. The van der Waals surface area contributed by atoms with Gasteiger partial charge in [0.15, 0.2) is 0 Å². The van der Waals surface area contributed by atoms with E-state index in [1.54, 1.807) is 0 Å². The monoisotopic (exact) mass is 220 g/mol. The van der Waals surface area contributed by atoms with Crippen molar-refractivity contribution >= 4 is 11.6 Å². The predicted molar refractivity (Wildman–Crippen MR) is 60.0 cm³/mol. The number of nitrogens with one attached hydrogen (secondary N) is 1. The summed E-state index contributed by atoms with van der Waals surface area (Å²) in [6.07, 6.45) is 1.49. The fourth-order valence-corrected chi connectivity index (χ4v) is 1.67. The van der Waals surface area contributed by atoms with Crippen molar-refractivity contribution < 1.29 is 0 Å². The lowest BCUT2D eigenvalue weighted by atomic mass is 10.0. The molecule has 1 N–H and O–H groups in total. The number of hydrogen-bond donors (Lipinski definition) is 1. The summed E-state index contributed by atoms with van der Waals surface area (Å²) in [7, 11) is 0. The predicted octanol–water partition coefficient (Wildman–Crippen LogP) is 2.40. The lowest BCUT2D eigenvalue weighted by Crippen LogP contribution is -2.09. The van der Waals surface area contributed by atoms with Crippen molar-refractivity contribution in [3.8, 4) is 11.1 Å². The second-order valence-electron chi connectivity index (χ2n) is 3.23. The third-order valence-corrected chi connectivity index (χ3v) is 2.50. The van der Waals surface area contributed by atoms with E-state index >= 15 is 0 Å². The average molecular weight is 221 g/mol. The van der Waals surface area contributed by atoms with E-state index in [4.69, 9.17) is 11.6 Å². The SMILES string of the molecule is Cc1ccccc1-c1cnc(=O)[nH]c1Cl. The summed E-state index contributed by atoms with van der Waals surface area (Å²) in [6.45, 7) is 1.98. The maximum absolute atomic E-state index is 10.9. The van der Waals surface area contributed by atoms with Crippen molar-refractivity contribution in [3.05, 3.63) is 51.7 Å². The summed E-state index contributed by atoms with van der Waals surface area (Å²) in [5, 5.41) is 0.323. The minimum Gasteiger partial charge on any atom is -0.296 e. The maximum Gasteiger partial charge on any atom is 0.346 e. The van der Waals surface area contributed by atoms with Crippen LogP contribution in [0.15, 0.2) is 35.3 Å². The molecule has 3 nitrogen and oxygen atoms in total. The number of nitrogens with zero attached hydrogens (tertiary/aromatic N) is 1. The number of H-pyrrole nitrogens is 1. The highest BCUT2D eigenvalue weighted by Crippen LogP contribution is 2.26. The van der Waals surface area contributed by atoms with Gasteiger partial charge in [0.05, 0.1) is 0 Å². The molecule has 2 rings (SSSR count). The average Bonchev–Trinajstić information content (AvgIpc) is 2.20. The van der Waals surface area contributed by atoms with E-state index in [2.05, 4.69) is 9.97 Å². The van der Waals surface area contributed by atoms with Crippen LogP contribution >= 0.6 is 11.6 Å². The molecule has 76 valence electrons. The summed E-state index contributed by atoms with van der Waals surface area (Å²) in [5.41, 5.74) is 2.38. The highest BCUT2D eigenvalue weighted by atomic mass is 35.5. The first-order valence-electron chi connectivity index (χ1n) is 4.49. The van der Waals surface area contributed by atoms with Crippen molar-refractivity contribution in [2.24, 2.45) is 0 Å². The molecule has 0 fully saturated rings. The largest absolute Gasteiger partial charge is 0.346 e. The number of rotatable bonds is 1. The highest BCUT2D eigenvalue weighted by Gasteiger charge is 2.06. The number of aryl methyl sites for hydroxylation is 1. The summed E-state index contributed by atoms with van der Waals surface area (Å²) in [6, 6.07) is 7.79. The number of aromatic amines is 1. The Morgan fingerprint density at radius 3 is 2.67 bits per heavy atom. The van der Waals surface area contributed by atoms with Gasteiger partial charge >= 0.3 is 5.69 Å². The molecule has 4 heteroatoms. The summed E-state index contributed by atoms with van der Waals surface area (Å²) < 4.78 is 0. The Morgan fingerprint density at radius 2 is 2.00 bits per heavy atom. The van der Waals surface area contributed by atoms with Gasteiger partial charge < -0.3 is 0 Å². The molecule has 0 saturated heterocycles. The van der Waals surface area contributed by atoms with Crippen LogP contribution < -0.4 is 5.69 Å². The van der Waals surface area contributed by atoms with Crippen LogP contribution in [0.3, 0.4) is 0 Å². The molecule has 0 amide bonds. The van der Waals surface area contributed by atoms with Crippen molar-refractivity contribution in [2.75, 3.05) is 0 Å². The van der Waals surface area contributed by atoms with Crippen molar-refractivity contribution in [1.82, 2.24) is 9.97 Å². The minimum absolute atomic E-state index is 0.323. The zero-order valence-corrected chi connectivity index (χ0v) is 8.88. The molecule has 0 atom stereocenters. The van der Waals surface area contributed by atoms with E-state index in [-0.39, 0.29) is 0 Å². The molecule has 1 aromatic carbocycles. The molecule has 2 aromatic rings. The topological polar surface area (TPSA) is 45.8 Å². The molecular formula is C11H9ClN2O. The Balaban J connectivity index is 2.65. The van der Waals surface area contributed by atoms with Gasteiger partial charge in [0.25, 0.3) is 0 Å². The lowest BCUT2D eigenvalue weighted by molar-refractivity contribution is 1.08. The maximum atomic E-state index is 10.9. The van der Waals surface area contributed by atoms with Gasteiger partial charge in [-0.05, 0) is 18.1 Å². The Morgan fingerprint density at radius 1 is 1.27 bits per heavy atom. The number of aromatic nitrogens is 2. The van der Waals surface area contributed by atoms with Gasteiger partial charge in [0.2, 0.25) is 0 Å². The minimum atomic E-state index is -0.433. The lowest BCUT2D eigenvalue weighted by Gasteiger charge is -2.05. The quantitative estimate of drug-likeness (QED) is 0.751. The van der Waals surface area contributed by atoms with Crippen LogP contribution in [0.1, 0.15) is 5.56 Å². The van der Waals surface area contributed by atoms with Crippen molar-refractivity contribution in [1.29, 1.82) is 0 Å². The molecule has 0 aliphatic carbocycles. The number of benzene rings is 1. The van der Waals surface area contributed by atoms with Gasteiger partial charge in [0.1, 0.15) is 5.15 Å². The zero-order valence-electron chi connectivity index (χ0n) is 8.12. The molecule has 0 aliphatic rings. The first-order chi connectivity index (χ1) is 7.18. The molecule has 0 unspecified atom stereocenters. The standard InChI is InChI=1S/C11H9ClN2O/c1-7-4-2-3-5-8(7)9-6-13-11(15)14-10(9)12/h2-6H,1H3,(H,13,14,15). The summed E-state index contributed by atoms with van der Waals surface area (Å²) in [4.78, 5) is 17.0. The van der Waals surface area contributed by atoms with E-state index in [1.807, 2.05) is 31.2 Å². The first kappa shape index (κ1) is 9.93. The summed E-state index contributed by atoms with van der Waals surface area (Å²) in [5.74, 6) is 0. The van der Waals surface area contributed by atoms with Crippen molar-refractivity contribution in [3.63, 3.8) is 0 Å². The molecule has 1 heterocycles. The molecular weight excluding hydrogens is 212 g/mol. The van der Waals surface area contributed by atoms with E-state index in [1.165, 1.54) is 6.20 Å². The fourth-order valence-electron chi connectivity index (χ4n) is 1.44.